The van der Waals surface area contributed by atoms with E-state index in [9.17, 15) is 4.79 Å². The molecule has 134 valence electrons. The van der Waals surface area contributed by atoms with Gasteiger partial charge in [-0.1, -0.05) is 38.1 Å². The normalized spacial score (nSPS) is 10.4. The summed E-state index contributed by atoms with van der Waals surface area (Å²) in [4.78, 5) is 12.0. The van der Waals surface area contributed by atoms with Crippen LogP contribution in [-0.2, 0) is 0 Å². The molecule has 2 aromatic rings. The first kappa shape index (κ1) is 18.6. The van der Waals surface area contributed by atoms with Crippen molar-refractivity contribution in [2.75, 3.05) is 25.1 Å². The van der Waals surface area contributed by atoms with Gasteiger partial charge in [-0.2, -0.15) is 0 Å². The van der Waals surface area contributed by atoms with Crippen LogP contribution in [0.25, 0.3) is 0 Å². The van der Waals surface area contributed by atoms with E-state index in [4.69, 9.17) is 9.47 Å². The second-order valence-electron chi connectivity index (χ2n) is 5.88. The van der Waals surface area contributed by atoms with Gasteiger partial charge in [-0.25, -0.2) is 4.79 Å². The third-order valence-corrected chi connectivity index (χ3v) is 3.64. The number of hydrogen-bond acceptors (Lipinski definition) is 3. The first-order valence-electron chi connectivity index (χ1n) is 8.59. The summed E-state index contributed by atoms with van der Waals surface area (Å²) >= 11 is 0. The van der Waals surface area contributed by atoms with Gasteiger partial charge in [0.25, 0.3) is 0 Å². The van der Waals surface area contributed by atoms with Crippen molar-refractivity contribution in [2.45, 2.75) is 26.7 Å². The van der Waals surface area contributed by atoms with Crippen LogP contribution in [0, 0.1) is 0 Å². The standard InChI is InChI=1S/C20H26N2O3/c1-4-24-19-8-6-5-7-18(19)22-20(23)21-13-14-25-17-11-9-16(10-12-17)15(2)3/h5-12,15H,4,13-14H2,1-3H3,(H2,21,22,23). The number of nitrogens with one attached hydrogen (secondary N) is 2. The van der Waals surface area contributed by atoms with E-state index in [2.05, 4.69) is 36.6 Å². The number of para-hydroxylation sites is 2. The Kier molecular flexibility index (Phi) is 7.14. The number of hydrogen-bond donors (Lipinski definition) is 2. The van der Waals surface area contributed by atoms with Crippen molar-refractivity contribution in [1.29, 1.82) is 0 Å². The summed E-state index contributed by atoms with van der Waals surface area (Å²) in [5.74, 6) is 1.95. The van der Waals surface area contributed by atoms with Gasteiger partial charge < -0.3 is 20.1 Å². The van der Waals surface area contributed by atoms with E-state index < -0.39 is 0 Å². The molecule has 0 saturated heterocycles. The second-order valence-corrected chi connectivity index (χ2v) is 5.88. The second kappa shape index (κ2) is 9.57. The zero-order valence-corrected chi connectivity index (χ0v) is 15.0. The summed E-state index contributed by atoms with van der Waals surface area (Å²) < 4.78 is 11.1. The van der Waals surface area contributed by atoms with Crippen LogP contribution >= 0.6 is 0 Å². The lowest BCUT2D eigenvalue weighted by Gasteiger charge is -2.12. The molecule has 0 radical (unpaired) electrons. The maximum atomic E-state index is 12.0. The zero-order valence-electron chi connectivity index (χ0n) is 15.0. The van der Waals surface area contributed by atoms with Crippen molar-refractivity contribution in [3.8, 4) is 11.5 Å². The molecule has 0 aliphatic rings. The molecule has 0 heterocycles. The molecule has 0 bridgehead atoms. The number of benzene rings is 2. The molecule has 2 aromatic carbocycles. The zero-order chi connectivity index (χ0) is 18.1. The Labute approximate surface area is 149 Å². The van der Waals surface area contributed by atoms with E-state index in [1.165, 1.54) is 5.56 Å². The first-order chi connectivity index (χ1) is 12.1. The highest BCUT2D eigenvalue weighted by Crippen LogP contribution is 2.23. The van der Waals surface area contributed by atoms with E-state index in [1.807, 2.05) is 37.3 Å². The van der Waals surface area contributed by atoms with Crippen LogP contribution in [0.1, 0.15) is 32.3 Å². The molecule has 2 rings (SSSR count). The number of ether oxygens (including phenoxy) is 2. The molecule has 0 unspecified atom stereocenters. The Bertz CT molecular complexity index is 669. The number of amides is 2. The molecule has 0 aromatic heterocycles. The molecule has 5 heteroatoms. The number of carbonyl (C=O) groups excluding carboxylic acids is 1. The molecule has 25 heavy (non-hydrogen) atoms. The van der Waals surface area contributed by atoms with Crippen LogP contribution in [0.15, 0.2) is 48.5 Å². The van der Waals surface area contributed by atoms with Gasteiger partial charge in [-0.15, -0.1) is 0 Å². The number of anilines is 1. The molecular weight excluding hydrogens is 316 g/mol. The molecule has 0 aliphatic carbocycles. The van der Waals surface area contributed by atoms with Gasteiger partial charge in [0.2, 0.25) is 0 Å². The van der Waals surface area contributed by atoms with Gasteiger partial charge in [0, 0.05) is 0 Å². The summed E-state index contributed by atoms with van der Waals surface area (Å²) in [6, 6.07) is 15.1. The van der Waals surface area contributed by atoms with Crippen molar-refractivity contribution in [3.05, 3.63) is 54.1 Å². The maximum absolute atomic E-state index is 12.0. The summed E-state index contributed by atoms with van der Waals surface area (Å²) in [5.41, 5.74) is 1.92. The Hall–Kier alpha value is -2.69. The summed E-state index contributed by atoms with van der Waals surface area (Å²) in [5, 5.41) is 5.55. The Morgan fingerprint density at radius 3 is 2.44 bits per heavy atom. The van der Waals surface area contributed by atoms with Crippen LogP contribution in [0.2, 0.25) is 0 Å². The topological polar surface area (TPSA) is 59.6 Å². The van der Waals surface area contributed by atoms with Crippen molar-refractivity contribution < 1.29 is 14.3 Å². The molecule has 2 N–H and O–H groups in total. The molecule has 0 aliphatic heterocycles. The predicted octanol–water partition coefficient (Wildman–Crippen LogP) is 4.41. The van der Waals surface area contributed by atoms with Gasteiger partial charge in [0.15, 0.2) is 0 Å². The van der Waals surface area contributed by atoms with Crippen LogP contribution in [0.3, 0.4) is 0 Å². The Morgan fingerprint density at radius 2 is 1.76 bits per heavy atom. The SMILES string of the molecule is CCOc1ccccc1NC(=O)NCCOc1ccc(C(C)C)cc1. The van der Waals surface area contributed by atoms with Crippen LogP contribution < -0.4 is 20.1 Å². The third-order valence-electron chi connectivity index (χ3n) is 3.64. The monoisotopic (exact) mass is 342 g/mol. The van der Waals surface area contributed by atoms with Crippen molar-refractivity contribution >= 4 is 11.7 Å². The summed E-state index contributed by atoms with van der Waals surface area (Å²) in [6.45, 7) is 7.58. The largest absolute Gasteiger partial charge is 0.492 e. The quantitative estimate of drug-likeness (QED) is 0.699. The highest BCUT2D eigenvalue weighted by molar-refractivity contribution is 5.90. The minimum atomic E-state index is -0.286. The highest BCUT2D eigenvalue weighted by atomic mass is 16.5. The summed E-state index contributed by atoms with van der Waals surface area (Å²) in [6.07, 6.45) is 0. The molecule has 2 amide bonds. The number of rotatable bonds is 8. The number of urea groups is 1. The fourth-order valence-corrected chi connectivity index (χ4v) is 2.30. The van der Waals surface area contributed by atoms with Crippen molar-refractivity contribution in [3.63, 3.8) is 0 Å². The van der Waals surface area contributed by atoms with Crippen LogP contribution in [0.5, 0.6) is 11.5 Å². The van der Waals surface area contributed by atoms with E-state index >= 15 is 0 Å². The minimum Gasteiger partial charge on any atom is -0.492 e. The number of carbonyl (C=O) groups is 1. The van der Waals surface area contributed by atoms with Crippen LogP contribution in [-0.4, -0.2) is 25.8 Å². The van der Waals surface area contributed by atoms with Gasteiger partial charge >= 0.3 is 6.03 Å². The highest BCUT2D eigenvalue weighted by Gasteiger charge is 2.06. The molecular formula is C20H26N2O3. The van der Waals surface area contributed by atoms with Crippen LogP contribution in [0.4, 0.5) is 10.5 Å². The lowest BCUT2D eigenvalue weighted by molar-refractivity contribution is 0.247. The van der Waals surface area contributed by atoms with Crippen molar-refractivity contribution in [2.24, 2.45) is 0 Å². The van der Waals surface area contributed by atoms with Gasteiger partial charge in [-0.05, 0) is 42.7 Å². The molecule has 0 saturated carbocycles. The average molecular weight is 342 g/mol. The molecule has 0 fully saturated rings. The Balaban J connectivity index is 1.73. The predicted molar refractivity (Wildman–Crippen MR) is 101 cm³/mol. The lowest BCUT2D eigenvalue weighted by atomic mass is 10.0. The third kappa shape index (κ3) is 6.03. The van der Waals surface area contributed by atoms with E-state index in [0.717, 1.165) is 5.75 Å². The lowest BCUT2D eigenvalue weighted by Crippen LogP contribution is -2.32. The van der Waals surface area contributed by atoms with Gasteiger partial charge in [-0.3, -0.25) is 0 Å². The first-order valence-corrected chi connectivity index (χ1v) is 8.59. The Morgan fingerprint density at radius 1 is 1.04 bits per heavy atom. The molecule has 0 spiro atoms. The van der Waals surface area contributed by atoms with Crippen molar-refractivity contribution in [1.82, 2.24) is 5.32 Å². The fourth-order valence-electron chi connectivity index (χ4n) is 2.30. The van der Waals surface area contributed by atoms with E-state index in [1.54, 1.807) is 6.07 Å². The van der Waals surface area contributed by atoms with Gasteiger partial charge in [0.05, 0.1) is 18.8 Å². The molecule has 5 nitrogen and oxygen atoms in total. The van der Waals surface area contributed by atoms with Gasteiger partial charge in [0.1, 0.15) is 18.1 Å². The fraction of sp³-hybridized carbons (Fsp3) is 0.350. The summed E-state index contributed by atoms with van der Waals surface area (Å²) in [7, 11) is 0. The molecule has 0 atom stereocenters. The smallest absolute Gasteiger partial charge is 0.319 e. The maximum Gasteiger partial charge on any atom is 0.319 e. The van der Waals surface area contributed by atoms with E-state index in [0.29, 0.717) is 37.1 Å². The minimum absolute atomic E-state index is 0.286. The average Bonchev–Trinajstić information content (AvgIpc) is 2.61. The van der Waals surface area contributed by atoms with E-state index in [-0.39, 0.29) is 6.03 Å².